The summed E-state index contributed by atoms with van der Waals surface area (Å²) in [5.41, 5.74) is 1.06. The quantitative estimate of drug-likeness (QED) is 0.751. The molecule has 0 saturated carbocycles. The van der Waals surface area contributed by atoms with Gasteiger partial charge in [0.05, 0.1) is 15.5 Å². The molecule has 1 heterocycles. The van der Waals surface area contributed by atoms with E-state index in [-0.39, 0.29) is 5.25 Å². The Hall–Kier alpha value is -0.190. The number of thiol groups is 2. The minimum absolute atomic E-state index is 0.153. The molecule has 0 aliphatic heterocycles. The molecule has 13 heavy (non-hydrogen) atoms. The number of aromatic nitrogens is 1. The Balaban J connectivity index is 2.49. The maximum absolute atomic E-state index is 4.48. The van der Waals surface area contributed by atoms with Crippen LogP contribution >= 0.6 is 36.6 Å². The molecule has 2 rings (SSSR count). The van der Waals surface area contributed by atoms with E-state index >= 15 is 0 Å². The summed E-state index contributed by atoms with van der Waals surface area (Å²) in [6.07, 6.45) is 0. The first-order valence-corrected chi connectivity index (χ1v) is 5.92. The number of fused-ring (bicyclic) bond motifs is 1. The summed E-state index contributed by atoms with van der Waals surface area (Å²) < 4.78 is 1.22. The summed E-state index contributed by atoms with van der Waals surface area (Å²) in [5, 5.41) is 1.21. The zero-order valence-corrected chi connectivity index (χ0v) is 9.45. The third-order valence-electron chi connectivity index (χ3n) is 1.77. The first-order valence-electron chi connectivity index (χ1n) is 3.95. The van der Waals surface area contributed by atoms with Crippen LogP contribution in [0.1, 0.15) is 10.3 Å². The predicted octanol–water partition coefficient (Wildman–Crippen LogP) is 3.20. The number of nitrogens with zero attached hydrogens (tertiary/aromatic N) is 1. The highest BCUT2D eigenvalue weighted by molar-refractivity contribution is 7.84. The van der Waals surface area contributed by atoms with Crippen LogP contribution in [-0.4, -0.2) is 10.7 Å². The lowest BCUT2D eigenvalue weighted by Crippen LogP contribution is -1.89. The van der Waals surface area contributed by atoms with Crippen LogP contribution in [0.2, 0.25) is 0 Å². The van der Waals surface area contributed by atoms with Gasteiger partial charge in [0.1, 0.15) is 5.01 Å². The van der Waals surface area contributed by atoms with E-state index in [4.69, 9.17) is 0 Å². The first-order chi connectivity index (χ1) is 6.31. The number of hydrogen-bond donors (Lipinski definition) is 2. The molecular formula is C9H9NS3. The molecule has 1 atom stereocenters. The molecule has 0 fully saturated rings. The van der Waals surface area contributed by atoms with Crippen molar-refractivity contribution in [1.82, 2.24) is 4.98 Å². The Morgan fingerprint density at radius 1 is 1.38 bits per heavy atom. The van der Waals surface area contributed by atoms with Crippen LogP contribution in [0.5, 0.6) is 0 Å². The van der Waals surface area contributed by atoms with Crippen molar-refractivity contribution in [2.45, 2.75) is 5.25 Å². The van der Waals surface area contributed by atoms with Gasteiger partial charge in [-0.05, 0) is 12.1 Å². The van der Waals surface area contributed by atoms with Gasteiger partial charge in [0.2, 0.25) is 0 Å². The first kappa shape index (κ1) is 9.37. The van der Waals surface area contributed by atoms with Crippen LogP contribution in [0.4, 0.5) is 0 Å². The van der Waals surface area contributed by atoms with E-state index in [2.05, 4.69) is 36.3 Å². The number of benzene rings is 1. The highest BCUT2D eigenvalue weighted by Gasteiger charge is 2.09. The minimum Gasteiger partial charge on any atom is -0.240 e. The molecule has 1 aromatic carbocycles. The van der Waals surface area contributed by atoms with Gasteiger partial charge < -0.3 is 0 Å². The van der Waals surface area contributed by atoms with Gasteiger partial charge in [-0.1, -0.05) is 12.1 Å². The summed E-state index contributed by atoms with van der Waals surface area (Å²) in [4.78, 5) is 4.48. The maximum Gasteiger partial charge on any atom is 0.107 e. The second kappa shape index (κ2) is 3.90. The summed E-state index contributed by atoms with van der Waals surface area (Å²) in [5.74, 6) is 0.725. The smallest absolute Gasteiger partial charge is 0.107 e. The highest BCUT2D eigenvalue weighted by atomic mass is 32.1. The highest BCUT2D eigenvalue weighted by Crippen LogP contribution is 2.29. The lowest BCUT2D eigenvalue weighted by molar-refractivity contribution is 1.10. The number of rotatable bonds is 2. The maximum atomic E-state index is 4.48. The molecule has 0 aliphatic carbocycles. The van der Waals surface area contributed by atoms with Gasteiger partial charge in [-0.3, -0.25) is 0 Å². The SMILES string of the molecule is SCC(S)c1nc2ccccc2s1. The largest absolute Gasteiger partial charge is 0.240 e. The van der Waals surface area contributed by atoms with Gasteiger partial charge in [-0.2, -0.15) is 25.3 Å². The van der Waals surface area contributed by atoms with Crippen LogP contribution < -0.4 is 0 Å². The Kier molecular flexibility index (Phi) is 2.81. The molecule has 68 valence electrons. The van der Waals surface area contributed by atoms with Crippen molar-refractivity contribution in [1.29, 1.82) is 0 Å². The molecule has 0 radical (unpaired) electrons. The molecule has 2 aromatic rings. The molecule has 0 bridgehead atoms. The Bertz CT molecular complexity index is 377. The van der Waals surface area contributed by atoms with E-state index in [1.54, 1.807) is 11.3 Å². The third kappa shape index (κ3) is 1.85. The lowest BCUT2D eigenvalue weighted by Gasteiger charge is -1.99. The van der Waals surface area contributed by atoms with E-state index in [0.29, 0.717) is 0 Å². The Morgan fingerprint density at radius 3 is 2.85 bits per heavy atom. The summed E-state index contributed by atoms with van der Waals surface area (Å²) >= 11 is 10.3. The van der Waals surface area contributed by atoms with Crippen molar-refractivity contribution < 1.29 is 0 Å². The molecule has 0 amide bonds. The van der Waals surface area contributed by atoms with Gasteiger partial charge in [-0.15, -0.1) is 11.3 Å². The standard InChI is InChI=1S/C9H9NS3/c11-5-7(12)9-10-6-3-1-2-4-8(6)13-9/h1-4,7,11-12H,5H2. The molecule has 1 unspecified atom stereocenters. The number of para-hydroxylation sites is 1. The van der Waals surface area contributed by atoms with Gasteiger partial charge >= 0.3 is 0 Å². The van der Waals surface area contributed by atoms with Crippen molar-refractivity contribution in [3.63, 3.8) is 0 Å². The van der Waals surface area contributed by atoms with Crippen molar-refractivity contribution in [2.75, 3.05) is 5.75 Å². The molecule has 4 heteroatoms. The molecule has 0 aliphatic rings. The topological polar surface area (TPSA) is 12.9 Å². The van der Waals surface area contributed by atoms with Crippen molar-refractivity contribution in [3.8, 4) is 0 Å². The van der Waals surface area contributed by atoms with Crippen LogP contribution in [0.3, 0.4) is 0 Å². The van der Waals surface area contributed by atoms with Crippen LogP contribution in [0.25, 0.3) is 10.2 Å². The van der Waals surface area contributed by atoms with Crippen molar-refractivity contribution in [2.24, 2.45) is 0 Å². The van der Waals surface area contributed by atoms with Crippen LogP contribution in [0.15, 0.2) is 24.3 Å². The van der Waals surface area contributed by atoms with Crippen LogP contribution in [0, 0.1) is 0 Å². The van der Waals surface area contributed by atoms with Gasteiger partial charge in [0, 0.05) is 5.75 Å². The van der Waals surface area contributed by atoms with E-state index in [1.165, 1.54) is 4.70 Å². The fourth-order valence-electron chi connectivity index (χ4n) is 1.11. The second-order valence-electron chi connectivity index (χ2n) is 2.72. The molecular weight excluding hydrogens is 218 g/mol. The lowest BCUT2D eigenvalue weighted by atomic mass is 10.3. The molecule has 0 N–H and O–H groups in total. The second-order valence-corrected chi connectivity index (χ2v) is 4.77. The van der Waals surface area contributed by atoms with Gasteiger partial charge in [0.15, 0.2) is 0 Å². The zero-order valence-electron chi connectivity index (χ0n) is 6.84. The number of thiazole rings is 1. The normalized spacial score (nSPS) is 13.4. The van der Waals surface area contributed by atoms with Gasteiger partial charge in [0.25, 0.3) is 0 Å². The molecule has 0 saturated heterocycles. The Morgan fingerprint density at radius 2 is 2.15 bits per heavy atom. The predicted molar refractivity (Wildman–Crippen MR) is 65.2 cm³/mol. The molecule has 0 spiro atoms. The summed E-state index contributed by atoms with van der Waals surface area (Å²) in [6, 6.07) is 8.13. The zero-order chi connectivity index (χ0) is 9.26. The third-order valence-corrected chi connectivity index (χ3v) is 4.17. The summed E-state index contributed by atoms with van der Waals surface area (Å²) in [6.45, 7) is 0. The Labute approximate surface area is 92.0 Å². The fourth-order valence-corrected chi connectivity index (χ4v) is 2.58. The van der Waals surface area contributed by atoms with Crippen LogP contribution in [-0.2, 0) is 0 Å². The average molecular weight is 227 g/mol. The van der Waals surface area contributed by atoms with E-state index in [9.17, 15) is 0 Å². The van der Waals surface area contributed by atoms with Crippen molar-refractivity contribution >= 4 is 46.8 Å². The molecule has 1 nitrogen and oxygen atoms in total. The average Bonchev–Trinajstić information content (AvgIpc) is 2.59. The molecule has 1 aromatic heterocycles. The minimum atomic E-state index is 0.153. The number of hydrogen-bond acceptors (Lipinski definition) is 4. The van der Waals surface area contributed by atoms with E-state index in [1.807, 2.05) is 18.2 Å². The monoisotopic (exact) mass is 227 g/mol. The fraction of sp³-hybridized carbons (Fsp3) is 0.222. The van der Waals surface area contributed by atoms with Gasteiger partial charge in [-0.25, -0.2) is 4.98 Å². The van der Waals surface area contributed by atoms with E-state index < -0.39 is 0 Å². The van der Waals surface area contributed by atoms with Crippen molar-refractivity contribution in [3.05, 3.63) is 29.3 Å². The van der Waals surface area contributed by atoms with E-state index in [0.717, 1.165) is 16.3 Å². The summed E-state index contributed by atoms with van der Waals surface area (Å²) in [7, 11) is 0.